The summed E-state index contributed by atoms with van der Waals surface area (Å²) in [4.78, 5) is 24.6. The highest BCUT2D eigenvalue weighted by molar-refractivity contribution is 5.86. The van der Waals surface area contributed by atoms with Crippen LogP contribution in [0.1, 0.15) is 64.2 Å². The fourth-order valence-corrected chi connectivity index (χ4v) is 3.19. The number of nitrogens with one attached hydrogen (secondary N) is 1. The summed E-state index contributed by atoms with van der Waals surface area (Å²) in [5.74, 6) is -1.86. The molecule has 0 saturated carbocycles. The molecule has 2 N–H and O–H groups in total. The first-order chi connectivity index (χ1) is 16.1. The van der Waals surface area contributed by atoms with E-state index in [1.807, 2.05) is 133 Å². The van der Waals surface area contributed by atoms with Crippen molar-refractivity contribution in [2.75, 3.05) is 0 Å². The summed E-state index contributed by atoms with van der Waals surface area (Å²) in [6.45, 7) is 12.0. The molecule has 0 spiro atoms. The molecular weight excluding hydrogens is 410 g/mol. The summed E-state index contributed by atoms with van der Waals surface area (Å²) < 4.78 is 0. The number of carboxylic acid groups (broad SMARTS) is 1. The standard InChI is InChI=1S/C23H21NO3.3C2H6/c25-20(16-17-10-4-1-5-11-17)24-22(23(26)27)21(18-12-6-2-7-13-18)19-14-8-3-9-15-19;3*1-2/h1-15,21-22H,16H2,(H,24,25)(H,26,27);3*1-2H3. The monoisotopic (exact) mass is 449 g/mol. The average Bonchev–Trinajstić information content (AvgIpc) is 2.89. The number of carbonyl (C=O) groups excluding carboxylic acids is 1. The van der Waals surface area contributed by atoms with Gasteiger partial charge in [0.25, 0.3) is 0 Å². The molecule has 0 aromatic heterocycles. The highest BCUT2D eigenvalue weighted by atomic mass is 16.4. The van der Waals surface area contributed by atoms with Crippen LogP contribution in [0.5, 0.6) is 0 Å². The van der Waals surface area contributed by atoms with Gasteiger partial charge in [-0.3, -0.25) is 4.79 Å². The molecule has 0 aliphatic heterocycles. The van der Waals surface area contributed by atoms with Crippen LogP contribution in [-0.4, -0.2) is 23.0 Å². The van der Waals surface area contributed by atoms with E-state index in [2.05, 4.69) is 5.32 Å². The summed E-state index contributed by atoms with van der Waals surface area (Å²) in [5.41, 5.74) is 2.53. The third-order valence-electron chi connectivity index (χ3n) is 4.44. The molecule has 0 aliphatic carbocycles. The quantitative estimate of drug-likeness (QED) is 0.421. The minimum atomic E-state index is -1.06. The fraction of sp³-hybridized carbons (Fsp3) is 0.310. The van der Waals surface area contributed by atoms with Crippen LogP contribution in [0.2, 0.25) is 0 Å². The summed E-state index contributed by atoms with van der Waals surface area (Å²) >= 11 is 0. The highest BCUT2D eigenvalue weighted by Gasteiger charge is 2.32. The molecule has 4 heteroatoms. The molecule has 1 atom stereocenters. The Bertz CT molecular complexity index is 841. The lowest BCUT2D eigenvalue weighted by Crippen LogP contribution is -2.45. The number of hydrogen-bond donors (Lipinski definition) is 2. The van der Waals surface area contributed by atoms with E-state index in [4.69, 9.17) is 0 Å². The average molecular weight is 450 g/mol. The van der Waals surface area contributed by atoms with Gasteiger partial charge in [-0.15, -0.1) is 0 Å². The number of benzene rings is 3. The zero-order chi connectivity index (χ0) is 25.1. The first-order valence-corrected chi connectivity index (χ1v) is 11.8. The maximum Gasteiger partial charge on any atom is 0.327 e. The van der Waals surface area contributed by atoms with Crippen LogP contribution in [0.15, 0.2) is 91.0 Å². The number of rotatable bonds is 7. The van der Waals surface area contributed by atoms with E-state index in [9.17, 15) is 14.7 Å². The van der Waals surface area contributed by atoms with E-state index in [0.29, 0.717) is 0 Å². The third-order valence-corrected chi connectivity index (χ3v) is 4.44. The Hall–Kier alpha value is -3.40. The van der Waals surface area contributed by atoms with Gasteiger partial charge in [-0.05, 0) is 16.7 Å². The molecule has 0 radical (unpaired) electrons. The van der Waals surface area contributed by atoms with Crippen molar-refractivity contribution >= 4 is 11.9 Å². The van der Waals surface area contributed by atoms with E-state index < -0.39 is 17.9 Å². The molecule has 178 valence electrons. The fourth-order valence-electron chi connectivity index (χ4n) is 3.19. The van der Waals surface area contributed by atoms with Crippen molar-refractivity contribution in [3.63, 3.8) is 0 Å². The molecule has 0 heterocycles. The first-order valence-electron chi connectivity index (χ1n) is 11.8. The number of carbonyl (C=O) groups is 2. The predicted molar refractivity (Wildman–Crippen MR) is 138 cm³/mol. The largest absolute Gasteiger partial charge is 0.480 e. The Kier molecular flexibility index (Phi) is 16.3. The second kappa shape index (κ2) is 18.2. The second-order valence-corrected chi connectivity index (χ2v) is 6.34. The van der Waals surface area contributed by atoms with Gasteiger partial charge in [0.15, 0.2) is 0 Å². The minimum absolute atomic E-state index is 0.140. The Balaban J connectivity index is 0.00000158. The lowest BCUT2D eigenvalue weighted by molar-refractivity contribution is -0.142. The van der Waals surface area contributed by atoms with Crippen LogP contribution in [-0.2, 0) is 16.0 Å². The Morgan fingerprint density at radius 1 is 0.667 bits per heavy atom. The Morgan fingerprint density at radius 2 is 1.03 bits per heavy atom. The number of carboxylic acids is 1. The maximum atomic E-state index is 12.5. The molecule has 3 rings (SSSR count). The summed E-state index contributed by atoms with van der Waals surface area (Å²) in [6.07, 6.45) is 0.140. The van der Waals surface area contributed by atoms with Crippen LogP contribution in [0.3, 0.4) is 0 Å². The van der Waals surface area contributed by atoms with Gasteiger partial charge in [0.2, 0.25) is 5.91 Å². The molecule has 0 bridgehead atoms. The second-order valence-electron chi connectivity index (χ2n) is 6.34. The number of amides is 1. The molecule has 0 fully saturated rings. The van der Waals surface area contributed by atoms with E-state index in [-0.39, 0.29) is 12.3 Å². The van der Waals surface area contributed by atoms with Gasteiger partial charge in [-0.25, -0.2) is 4.79 Å². The molecule has 33 heavy (non-hydrogen) atoms. The molecule has 3 aromatic rings. The van der Waals surface area contributed by atoms with Gasteiger partial charge in [0.05, 0.1) is 6.42 Å². The lowest BCUT2D eigenvalue weighted by atomic mass is 9.85. The van der Waals surface area contributed by atoms with Gasteiger partial charge in [-0.2, -0.15) is 0 Å². The zero-order valence-corrected chi connectivity index (χ0v) is 20.8. The Labute approximate surface area is 199 Å². The predicted octanol–water partition coefficient (Wildman–Crippen LogP) is 6.71. The zero-order valence-electron chi connectivity index (χ0n) is 20.8. The lowest BCUT2D eigenvalue weighted by Gasteiger charge is -2.26. The molecule has 0 aliphatic rings. The SMILES string of the molecule is CC.CC.CC.O=C(Cc1ccccc1)NC(C(=O)O)C(c1ccccc1)c1ccccc1. The van der Waals surface area contributed by atoms with Gasteiger partial charge >= 0.3 is 5.97 Å². The van der Waals surface area contributed by atoms with Crippen LogP contribution < -0.4 is 5.32 Å². The minimum Gasteiger partial charge on any atom is -0.480 e. The van der Waals surface area contributed by atoms with E-state index >= 15 is 0 Å². The Morgan fingerprint density at radius 3 is 1.39 bits per heavy atom. The van der Waals surface area contributed by atoms with Gasteiger partial charge < -0.3 is 10.4 Å². The van der Waals surface area contributed by atoms with Gasteiger partial charge in [0, 0.05) is 5.92 Å². The molecule has 0 saturated heterocycles. The topological polar surface area (TPSA) is 66.4 Å². The van der Waals surface area contributed by atoms with E-state index in [0.717, 1.165) is 16.7 Å². The molecular formula is C29H39NO3. The summed E-state index contributed by atoms with van der Waals surface area (Å²) in [7, 11) is 0. The van der Waals surface area contributed by atoms with Crippen LogP contribution in [0.25, 0.3) is 0 Å². The van der Waals surface area contributed by atoms with Crippen molar-refractivity contribution in [3.8, 4) is 0 Å². The number of aliphatic carboxylic acids is 1. The normalized spacial score (nSPS) is 10.2. The van der Waals surface area contributed by atoms with Crippen LogP contribution in [0, 0.1) is 0 Å². The van der Waals surface area contributed by atoms with Gasteiger partial charge in [-0.1, -0.05) is 133 Å². The maximum absolute atomic E-state index is 12.5. The summed E-state index contributed by atoms with van der Waals surface area (Å²) in [5, 5.41) is 12.6. The van der Waals surface area contributed by atoms with Crippen molar-refractivity contribution in [1.82, 2.24) is 5.32 Å². The van der Waals surface area contributed by atoms with Crippen molar-refractivity contribution in [3.05, 3.63) is 108 Å². The van der Waals surface area contributed by atoms with Gasteiger partial charge in [0.1, 0.15) is 6.04 Å². The smallest absolute Gasteiger partial charge is 0.327 e. The van der Waals surface area contributed by atoms with E-state index in [1.165, 1.54) is 0 Å². The highest BCUT2D eigenvalue weighted by Crippen LogP contribution is 2.28. The molecule has 4 nitrogen and oxygen atoms in total. The molecule has 3 aromatic carbocycles. The van der Waals surface area contributed by atoms with Crippen molar-refractivity contribution < 1.29 is 14.7 Å². The van der Waals surface area contributed by atoms with Crippen molar-refractivity contribution in [2.24, 2.45) is 0 Å². The van der Waals surface area contributed by atoms with E-state index in [1.54, 1.807) is 0 Å². The third kappa shape index (κ3) is 10.2. The van der Waals surface area contributed by atoms with Crippen LogP contribution in [0.4, 0.5) is 0 Å². The first kappa shape index (κ1) is 29.6. The molecule has 1 unspecified atom stereocenters. The number of hydrogen-bond acceptors (Lipinski definition) is 2. The van der Waals surface area contributed by atoms with Crippen molar-refractivity contribution in [1.29, 1.82) is 0 Å². The van der Waals surface area contributed by atoms with Crippen molar-refractivity contribution in [2.45, 2.75) is 59.9 Å². The molecule has 1 amide bonds. The summed E-state index contributed by atoms with van der Waals surface area (Å²) in [6, 6.07) is 27.0. The van der Waals surface area contributed by atoms with Crippen LogP contribution >= 0.6 is 0 Å².